The Bertz CT molecular complexity index is 1620. The molecule has 0 saturated carbocycles. The first-order valence-corrected chi connectivity index (χ1v) is 14.9. The van der Waals surface area contributed by atoms with Crippen LogP contribution < -0.4 is 15.2 Å². The third-order valence-electron chi connectivity index (χ3n) is 6.63. The Balaban J connectivity index is 0.000000286. The number of amides is 2. The Morgan fingerprint density at radius 2 is 1.19 bits per heavy atom. The molecule has 1 aliphatic heterocycles. The molecule has 1 heterocycles. The fourth-order valence-electron chi connectivity index (χ4n) is 4.26. The minimum Gasteiger partial charge on any atom is -0.467 e. The monoisotopic (exact) mass is 654 g/mol. The second kappa shape index (κ2) is 20.7. The van der Waals surface area contributed by atoms with E-state index < -0.39 is 0 Å². The first-order chi connectivity index (χ1) is 23.5. The van der Waals surface area contributed by atoms with Crippen LogP contribution in [0.4, 0.5) is 0 Å². The molecule has 0 spiro atoms. The predicted octanol–water partition coefficient (Wildman–Crippen LogP) is 4.40. The van der Waals surface area contributed by atoms with Crippen LogP contribution in [-0.4, -0.2) is 84.0 Å². The minimum atomic E-state index is -0.316. The molecule has 0 aliphatic carbocycles. The Labute approximate surface area is 280 Å². The van der Waals surface area contributed by atoms with E-state index in [1.54, 1.807) is 93.1 Å². The molecule has 2 amide bonds. The van der Waals surface area contributed by atoms with Gasteiger partial charge in [-0.1, -0.05) is 36.4 Å². The predicted molar refractivity (Wildman–Crippen MR) is 178 cm³/mol. The SMILES string of the molecule is COCCOCOc1ccc(C#N)cc1/C=C/CN.COCCOCOc1ccc(C#N)cc1/C=C/CN1C(=O)c2ccccc2C1=O. The van der Waals surface area contributed by atoms with Crippen molar-refractivity contribution in [1.29, 1.82) is 10.5 Å². The largest absolute Gasteiger partial charge is 0.467 e. The molecule has 1 aliphatic rings. The summed E-state index contributed by atoms with van der Waals surface area (Å²) in [5, 5.41) is 18.0. The number of carbonyl (C=O) groups excluding carboxylic acids is 2. The summed E-state index contributed by atoms with van der Waals surface area (Å²) in [6.45, 7) is 2.58. The lowest BCUT2D eigenvalue weighted by Crippen LogP contribution is -2.29. The van der Waals surface area contributed by atoms with Crippen LogP contribution in [0.2, 0.25) is 0 Å². The van der Waals surface area contributed by atoms with E-state index in [-0.39, 0.29) is 31.9 Å². The number of nitrogens with two attached hydrogens (primary N) is 1. The third kappa shape index (κ3) is 11.2. The lowest BCUT2D eigenvalue weighted by molar-refractivity contribution is -0.00866. The summed E-state index contributed by atoms with van der Waals surface area (Å²) in [6.07, 6.45) is 7.03. The van der Waals surface area contributed by atoms with Crippen LogP contribution in [0, 0.1) is 22.7 Å². The van der Waals surface area contributed by atoms with E-state index >= 15 is 0 Å². The number of hydrogen-bond donors (Lipinski definition) is 1. The molecule has 0 atom stereocenters. The third-order valence-corrected chi connectivity index (χ3v) is 6.63. The molecule has 0 unspecified atom stereocenters. The van der Waals surface area contributed by atoms with Crippen molar-refractivity contribution < 1.29 is 38.0 Å². The smallest absolute Gasteiger partial charge is 0.261 e. The highest BCUT2D eigenvalue weighted by atomic mass is 16.7. The molecule has 0 radical (unpaired) electrons. The standard InChI is InChI=1S/C22H20N2O5.C14H18N2O3/c1-27-11-12-28-15-29-20-9-8-16(14-23)13-17(20)5-4-10-24-21(25)18-6-2-3-7-19(18)22(24)26;1-17-7-8-18-11-19-14-5-4-12(10-16)9-13(14)3-2-6-15/h2-9,13H,10-12,15H2,1H3;2-5,9H,6-8,11,15H2,1H3/b5-4+;3-2+. The van der Waals surface area contributed by atoms with E-state index in [4.69, 9.17) is 44.7 Å². The maximum absolute atomic E-state index is 12.4. The van der Waals surface area contributed by atoms with Crippen molar-refractivity contribution in [3.8, 4) is 23.6 Å². The number of hydrogen-bond acceptors (Lipinski definition) is 11. The number of rotatable bonds is 17. The van der Waals surface area contributed by atoms with Crippen molar-refractivity contribution in [3.63, 3.8) is 0 Å². The second-order valence-corrected chi connectivity index (χ2v) is 9.86. The van der Waals surface area contributed by atoms with Gasteiger partial charge in [-0.3, -0.25) is 14.5 Å². The van der Waals surface area contributed by atoms with E-state index in [0.29, 0.717) is 72.3 Å². The van der Waals surface area contributed by atoms with Gasteiger partial charge in [0.05, 0.1) is 60.8 Å². The van der Waals surface area contributed by atoms with Crippen molar-refractivity contribution in [2.45, 2.75) is 0 Å². The average Bonchev–Trinajstić information content (AvgIpc) is 3.36. The van der Waals surface area contributed by atoms with Gasteiger partial charge in [-0.05, 0) is 48.5 Å². The molecule has 4 rings (SSSR count). The first kappa shape index (κ1) is 37.1. The van der Waals surface area contributed by atoms with E-state index in [2.05, 4.69) is 12.1 Å². The fourth-order valence-corrected chi connectivity index (χ4v) is 4.26. The van der Waals surface area contributed by atoms with Gasteiger partial charge in [-0.2, -0.15) is 10.5 Å². The Morgan fingerprint density at radius 1 is 0.708 bits per heavy atom. The summed E-state index contributed by atoms with van der Waals surface area (Å²) in [7, 11) is 3.20. The van der Waals surface area contributed by atoms with E-state index in [1.807, 2.05) is 6.08 Å². The van der Waals surface area contributed by atoms with Crippen LogP contribution in [-0.2, 0) is 18.9 Å². The Kier molecular flexibility index (Phi) is 16.0. The van der Waals surface area contributed by atoms with Gasteiger partial charge in [0.15, 0.2) is 13.6 Å². The van der Waals surface area contributed by atoms with Gasteiger partial charge in [0, 0.05) is 38.4 Å². The molecule has 0 aromatic heterocycles. The lowest BCUT2D eigenvalue weighted by Gasteiger charge is -2.12. The summed E-state index contributed by atoms with van der Waals surface area (Å²) < 4.78 is 31.4. The summed E-state index contributed by atoms with van der Waals surface area (Å²) in [4.78, 5) is 26.0. The number of nitriles is 2. The van der Waals surface area contributed by atoms with Crippen LogP contribution in [0.25, 0.3) is 12.2 Å². The molecule has 12 nitrogen and oxygen atoms in total. The first-order valence-electron chi connectivity index (χ1n) is 14.9. The summed E-state index contributed by atoms with van der Waals surface area (Å²) in [6, 6.07) is 21.1. The Morgan fingerprint density at radius 3 is 1.62 bits per heavy atom. The number of imide groups is 1. The molecule has 2 N–H and O–H groups in total. The van der Waals surface area contributed by atoms with Crippen molar-refractivity contribution >= 4 is 24.0 Å². The number of nitrogens with zero attached hydrogens (tertiary/aromatic N) is 3. The van der Waals surface area contributed by atoms with Gasteiger partial charge in [-0.15, -0.1) is 0 Å². The minimum absolute atomic E-state index is 0.0362. The molecule has 48 heavy (non-hydrogen) atoms. The highest BCUT2D eigenvalue weighted by Gasteiger charge is 2.34. The van der Waals surface area contributed by atoms with Crippen LogP contribution in [0.3, 0.4) is 0 Å². The number of fused-ring (bicyclic) bond motifs is 1. The molecule has 0 saturated heterocycles. The van der Waals surface area contributed by atoms with E-state index in [9.17, 15) is 9.59 Å². The average molecular weight is 655 g/mol. The number of ether oxygens (including phenoxy) is 6. The van der Waals surface area contributed by atoms with Crippen LogP contribution >= 0.6 is 0 Å². The lowest BCUT2D eigenvalue weighted by atomic mass is 10.1. The van der Waals surface area contributed by atoms with Gasteiger partial charge < -0.3 is 34.2 Å². The number of methoxy groups -OCH3 is 2. The highest BCUT2D eigenvalue weighted by molar-refractivity contribution is 6.21. The zero-order valence-corrected chi connectivity index (χ0v) is 26.9. The van der Waals surface area contributed by atoms with Crippen molar-refractivity contribution in [1.82, 2.24) is 4.90 Å². The van der Waals surface area contributed by atoms with Gasteiger partial charge in [0.2, 0.25) is 0 Å². The molecular formula is C36H38N4O8. The van der Waals surface area contributed by atoms with Crippen molar-refractivity contribution in [2.24, 2.45) is 5.73 Å². The zero-order valence-electron chi connectivity index (χ0n) is 26.9. The van der Waals surface area contributed by atoms with Crippen LogP contribution in [0.1, 0.15) is 43.0 Å². The normalized spacial score (nSPS) is 12.1. The molecule has 0 fully saturated rings. The maximum Gasteiger partial charge on any atom is 0.261 e. The van der Waals surface area contributed by atoms with Crippen LogP contribution in [0.5, 0.6) is 11.5 Å². The number of carbonyl (C=O) groups is 2. The van der Waals surface area contributed by atoms with Crippen molar-refractivity contribution in [3.05, 3.63) is 106 Å². The molecule has 3 aromatic rings. The van der Waals surface area contributed by atoms with E-state index in [1.165, 1.54) is 4.90 Å². The molecule has 250 valence electrons. The molecule has 0 bridgehead atoms. The quantitative estimate of drug-likeness (QED) is 0.125. The highest BCUT2D eigenvalue weighted by Crippen LogP contribution is 2.25. The topological polar surface area (TPSA) is 166 Å². The van der Waals surface area contributed by atoms with Gasteiger partial charge in [0.25, 0.3) is 11.8 Å². The number of benzene rings is 3. The van der Waals surface area contributed by atoms with Gasteiger partial charge in [0.1, 0.15) is 11.5 Å². The zero-order chi connectivity index (χ0) is 34.6. The summed E-state index contributed by atoms with van der Waals surface area (Å²) in [5.41, 5.74) is 8.74. The maximum atomic E-state index is 12.4. The molecular weight excluding hydrogens is 616 g/mol. The summed E-state index contributed by atoms with van der Waals surface area (Å²) in [5.74, 6) is 0.550. The van der Waals surface area contributed by atoms with Crippen LogP contribution in [0.15, 0.2) is 72.8 Å². The fraction of sp³-hybridized carbons (Fsp3) is 0.278. The van der Waals surface area contributed by atoms with E-state index in [0.717, 1.165) is 5.56 Å². The Hall–Kier alpha value is -5.34. The van der Waals surface area contributed by atoms with Crippen molar-refractivity contribution in [2.75, 3.05) is 67.3 Å². The summed E-state index contributed by atoms with van der Waals surface area (Å²) >= 11 is 0. The molecule has 12 heteroatoms. The van der Waals surface area contributed by atoms with Gasteiger partial charge >= 0.3 is 0 Å². The molecule has 3 aromatic carbocycles. The second-order valence-electron chi connectivity index (χ2n) is 9.86. The van der Waals surface area contributed by atoms with Gasteiger partial charge in [-0.25, -0.2) is 0 Å².